The molecule has 1 aromatic carbocycles. The van der Waals surface area contributed by atoms with Gasteiger partial charge in [-0.15, -0.1) is 0 Å². The van der Waals surface area contributed by atoms with Gasteiger partial charge >= 0.3 is 0 Å². The van der Waals surface area contributed by atoms with Gasteiger partial charge in [0.05, 0.1) is 11.8 Å². The first-order valence-corrected chi connectivity index (χ1v) is 6.26. The van der Waals surface area contributed by atoms with Gasteiger partial charge in [0.15, 0.2) is 6.10 Å². The van der Waals surface area contributed by atoms with Gasteiger partial charge in [-0.1, -0.05) is 6.07 Å². The highest BCUT2D eigenvalue weighted by Gasteiger charge is 2.23. The molecule has 2 rings (SSSR count). The normalized spacial score (nSPS) is 17.4. The van der Waals surface area contributed by atoms with Gasteiger partial charge in [-0.2, -0.15) is 5.26 Å². The highest BCUT2D eigenvalue weighted by molar-refractivity contribution is 5.97. The van der Waals surface area contributed by atoms with Crippen molar-refractivity contribution in [3.8, 4) is 11.8 Å². The van der Waals surface area contributed by atoms with Gasteiger partial charge in [-0.3, -0.25) is 4.79 Å². The van der Waals surface area contributed by atoms with Crippen molar-refractivity contribution in [3.05, 3.63) is 23.8 Å². The van der Waals surface area contributed by atoms with Crippen LogP contribution in [0.2, 0.25) is 0 Å². The first-order valence-electron chi connectivity index (χ1n) is 6.26. The molecule has 1 N–H and O–H groups in total. The summed E-state index contributed by atoms with van der Waals surface area (Å²) in [6, 6.07) is 7.90. The van der Waals surface area contributed by atoms with Crippen LogP contribution in [-0.4, -0.2) is 30.5 Å². The van der Waals surface area contributed by atoms with Crippen LogP contribution in [0, 0.1) is 11.3 Å². The summed E-state index contributed by atoms with van der Waals surface area (Å²) in [6.07, 6.45) is 0.0652. The highest BCUT2D eigenvalue weighted by Crippen LogP contribution is 2.30. The van der Waals surface area contributed by atoms with Crippen molar-refractivity contribution in [2.45, 2.75) is 26.0 Å². The zero-order valence-electron chi connectivity index (χ0n) is 11.1. The van der Waals surface area contributed by atoms with Gasteiger partial charge in [0.25, 0.3) is 5.91 Å². The fourth-order valence-electron chi connectivity index (χ4n) is 1.99. The summed E-state index contributed by atoms with van der Waals surface area (Å²) in [6.45, 7) is 3.19. The van der Waals surface area contributed by atoms with Crippen molar-refractivity contribution < 1.29 is 9.53 Å². The molecule has 0 saturated heterocycles. The molecule has 19 heavy (non-hydrogen) atoms. The molecule has 0 fully saturated rings. The number of ether oxygens (including phenoxy) is 1. The summed E-state index contributed by atoms with van der Waals surface area (Å²) in [4.78, 5) is 13.6. The quantitative estimate of drug-likeness (QED) is 0.894. The number of rotatable bonds is 4. The Kier molecular flexibility index (Phi) is 4.03. The smallest absolute Gasteiger partial charge is 0.265 e. The van der Waals surface area contributed by atoms with E-state index in [9.17, 15) is 4.79 Å². The molecule has 1 amide bonds. The van der Waals surface area contributed by atoms with Crippen LogP contribution in [0.5, 0.6) is 5.75 Å². The van der Waals surface area contributed by atoms with Crippen molar-refractivity contribution in [2.24, 2.45) is 0 Å². The first kappa shape index (κ1) is 13.4. The Bertz CT molecular complexity index is 522. The summed E-state index contributed by atoms with van der Waals surface area (Å²) in [5.41, 5.74) is 1.80. The molecule has 0 aliphatic carbocycles. The number of carbonyl (C=O) groups excluding carboxylic acids is 1. The van der Waals surface area contributed by atoms with Gasteiger partial charge < -0.3 is 15.0 Å². The zero-order valence-corrected chi connectivity index (χ0v) is 11.1. The van der Waals surface area contributed by atoms with Gasteiger partial charge in [0.2, 0.25) is 0 Å². The minimum Gasteiger partial charge on any atom is -0.479 e. The third kappa shape index (κ3) is 3.24. The maximum Gasteiger partial charge on any atom is 0.265 e. The number of nitrogens with zero attached hydrogens (tertiary/aromatic N) is 2. The number of carbonyl (C=O) groups is 1. The van der Waals surface area contributed by atoms with Crippen LogP contribution in [0.25, 0.3) is 0 Å². The molecular formula is C14H17N3O2. The lowest BCUT2D eigenvalue weighted by Gasteiger charge is -2.24. The van der Waals surface area contributed by atoms with Crippen LogP contribution >= 0.6 is 0 Å². The second-order valence-corrected chi connectivity index (χ2v) is 4.73. The Morgan fingerprint density at radius 1 is 1.53 bits per heavy atom. The van der Waals surface area contributed by atoms with E-state index in [1.807, 2.05) is 25.2 Å². The molecule has 0 aromatic heterocycles. The molecule has 0 bridgehead atoms. The number of nitrogens with one attached hydrogen (secondary N) is 1. The Morgan fingerprint density at radius 2 is 2.32 bits per heavy atom. The zero-order chi connectivity index (χ0) is 13.8. The Morgan fingerprint density at radius 3 is 3.05 bits per heavy atom. The molecule has 5 heteroatoms. The molecule has 1 aliphatic heterocycles. The average Bonchev–Trinajstić information content (AvgIpc) is 2.38. The third-order valence-corrected chi connectivity index (χ3v) is 3.03. The van der Waals surface area contributed by atoms with Gasteiger partial charge in [0.1, 0.15) is 5.75 Å². The number of anilines is 1. The Balaban J connectivity index is 2.07. The predicted octanol–water partition coefficient (Wildman–Crippen LogP) is 1.75. The van der Waals surface area contributed by atoms with Gasteiger partial charge in [0, 0.05) is 19.5 Å². The summed E-state index contributed by atoms with van der Waals surface area (Å²) in [7, 11) is 1.97. The molecule has 100 valence electrons. The van der Waals surface area contributed by atoms with E-state index >= 15 is 0 Å². The second-order valence-electron chi connectivity index (χ2n) is 4.73. The lowest BCUT2D eigenvalue weighted by Crippen LogP contribution is -2.34. The van der Waals surface area contributed by atoms with Gasteiger partial charge in [-0.05, 0) is 31.7 Å². The molecular weight excluding hydrogens is 242 g/mol. The van der Waals surface area contributed by atoms with E-state index in [2.05, 4.69) is 16.3 Å². The molecule has 1 atom stereocenters. The summed E-state index contributed by atoms with van der Waals surface area (Å²) < 4.78 is 5.50. The van der Waals surface area contributed by atoms with E-state index < -0.39 is 6.10 Å². The van der Waals surface area contributed by atoms with E-state index in [-0.39, 0.29) is 5.91 Å². The summed E-state index contributed by atoms with van der Waals surface area (Å²) >= 11 is 0. The molecule has 1 aliphatic rings. The fourth-order valence-corrected chi connectivity index (χ4v) is 1.99. The van der Waals surface area contributed by atoms with E-state index in [0.717, 1.165) is 18.7 Å². The summed E-state index contributed by atoms with van der Waals surface area (Å²) in [5.74, 6) is 0.581. The molecule has 0 saturated carbocycles. The van der Waals surface area contributed by atoms with E-state index in [0.29, 0.717) is 17.9 Å². The Hall–Kier alpha value is -2.06. The minimum absolute atomic E-state index is 0.123. The summed E-state index contributed by atoms with van der Waals surface area (Å²) in [5, 5.41) is 11.4. The SMILES string of the molecule is CC1Oc2ccc(CN(C)CCC#N)cc2NC1=O. The second kappa shape index (κ2) is 5.72. The number of hydrogen-bond donors (Lipinski definition) is 1. The maximum atomic E-state index is 11.5. The van der Waals surface area contributed by atoms with Gasteiger partial charge in [-0.25, -0.2) is 0 Å². The van der Waals surface area contributed by atoms with Crippen molar-refractivity contribution in [3.63, 3.8) is 0 Å². The monoisotopic (exact) mass is 259 g/mol. The molecule has 1 unspecified atom stereocenters. The minimum atomic E-state index is -0.448. The molecule has 1 heterocycles. The molecule has 5 nitrogen and oxygen atoms in total. The van der Waals surface area contributed by atoms with Crippen LogP contribution in [0.15, 0.2) is 18.2 Å². The molecule has 0 radical (unpaired) electrons. The van der Waals surface area contributed by atoms with E-state index in [4.69, 9.17) is 10.00 Å². The number of amides is 1. The number of hydrogen-bond acceptors (Lipinski definition) is 4. The number of nitriles is 1. The number of benzene rings is 1. The fraction of sp³-hybridized carbons (Fsp3) is 0.429. The van der Waals surface area contributed by atoms with Crippen molar-refractivity contribution in [2.75, 3.05) is 18.9 Å². The Labute approximate surface area is 112 Å². The predicted molar refractivity (Wildman–Crippen MR) is 71.7 cm³/mol. The van der Waals surface area contributed by atoms with Crippen LogP contribution in [-0.2, 0) is 11.3 Å². The van der Waals surface area contributed by atoms with Crippen LogP contribution in [0.4, 0.5) is 5.69 Å². The molecule has 1 aromatic rings. The van der Waals surface area contributed by atoms with Crippen molar-refractivity contribution >= 4 is 11.6 Å². The van der Waals surface area contributed by atoms with Crippen LogP contribution in [0.1, 0.15) is 18.9 Å². The van der Waals surface area contributed by atoms with Crippen molar-refractivity contribution in [1.82, 2.24) is 4.90 Å². The van der Waals surface area contributed by atoms with Crippen molar-refractivity contribution in [1.29, 1.82) is 5.26 Å². The molecule has 0 spiro atoms. The first-order chi connectivity index (χ1) is 9.10. The van der Waals surface area contributed by atoms with E-state index in [1.54, 1.807) is 6.92 Å². The lowest BCUT2D eigenvalue weighted by molar-refractivity contribution is -0.122. The largest absolute Gasteiger partial charge is 0.479 e. The standard InChI is InChI=1S/C14H17N3O2/c1-10-14(18)16-12-8-11(4-5-13(12)19-10)9-17(2)7-3-6-15/h4-5,8,10H,3,7,9H2,1-2H3,(H,16,18). The maximum absolute atomic E-state index is 11.5. The third-order valence-electron chi connectivity index (χ3n) is 3.03. The highest BCUT2D eigenvalue weighted by atomic mass is 16.5. The van der Waals surface area contributed by atoms with Crippen LogP contribution < -0.4 is 10.1 Å². The van der Waals surface area contributed by atoms with E-state index in [1.165, 1.54) is 0 Å². The topological polar surface area (TPSA) is 65.4 Å². The number of fused-ring (bicyclic) bond motifs is 1. The van der Waals surface area contributed by atoms with Crippen LogP contribution in [0.3, 0.4) is 0 Å². The lowest BCUT2D eigenvalue weighted by atomic mass is 10.1. The average molecular weight is 259 g/mol.